The number of nitrogens with zero attached hydrogens (tertiary/aromatic N) is 5. The summed E-state index contributed by atoms with van der Waals surface area (Å²) < 4.78 is 2.50. The summed E-state index contributed by atoms with van der Waals surface area (Å²) in [6.45, 7) is 4.60. The van der Waals surface area contributed by atoms with Gasteiger partial charge in [-0.2, -0.15) is 0 Å². The van der Waals surface area contributed by atoms with Crippen molar-refractivity contribution in [3.8, 4) is 0 Å². The van der Waals surface area contributed by atoms with Gasteiger partial charge in [0.05, 0.1) is 16.0 Å². The quantitative estimate of drug-likeness (QED) is 0.181. The largest absolute Gasteiger partial charge is 0.339 e. The molecule has 0 spiro atoms. The van der Waals surface area contributed by atoms with E-state index in [1.807, 2.05) is 4.90 Å². The molecule has 4 heterocycles. The van der Waals surface area contributed by atoms with Crippen LogP contribution < -0.4 is 0 Å². The molecular formula is C35H39N5O3. The van der Waals surface area contributed by atoms with Crippen LogP contribution in [0.4, 0.5) is 5.69 Å². The highest BCUT2D eigenvalue weighted by Crippen LogP contribution is 2.45. The summed E-state index contributed by atoms with van der Waals surface area (Å²) in [6.07, 6.45) is 7.80. The second-order valence-corrected chi connectivity index (χ2v) is 12.8. The third kappa shape index (κ3) is 5.12. The zero-order chi connectivity index (χ0) is 29.6. The Morgan fingerprint density at radius 3 is 2.23 bits per heavy atom. The van der Waals surface area contributed by atoms with E-state index in [4.69, 9.17) is 4.98 Å². The Hall–Kier alpha value is -4.04. The van der Waals surface area contributed by atoms with Gasteiger partial charge in [0.2, 0.25) is 0 Å². The van der Waals surface area contributed by atoms with E-state index >= 15 is 0 Å². The van der Waals surface area contributed by atoms with E-state index in [9.17, 15) is 14.9 Å². The number of non-ortho nitro benzene ring substituents is 1. The molecule has 8 heteroatoms. The summed E-state index contributed by atoms with van der Waals surface area (Å²) in [7, 11) is 0. The van der Waals surface area contributed by atoms with E-state index in [1.54, 1.807) is 12.1 Å². The number of amides is 1. The number of imidazole rings is 1. The van der Waals surface area contributed by atoms with Crippen molar-refractivity contribution in [3.63, 3.8) is 0 Å². The Kier molecular flexibility index (Phi) is 7.25. The Morgan fingerprint density at radius 2 is 1.56 bits per heavy atom. The molecule has 0 N–H and O–H groups in total. The first kappa shape index (κ1) is 27.8. The van der Waals surface area contributed by atoms with Gasteiger partial charge in [-0.25, -0.2) is 4.98 Å². The van der Waals surface area contributed by atoms with Crippen LogP contribution in [0.3, 0.4) is 0 Å². The molecule has 0 aliphatic carbocycles. The number of para-hydroxylation sites is 2. The van der Waals surface area contributed by atoms with Gasteiger partial charge in [0.25, 0.3) is 11.6 Å². The van der Waals surface area contributed by atoms with Crippen molar-refractivity contribution in [1.82, 2.24) is 19.4 Å². The highest BCUT2D eigenvalue weighted by molar-refractivity contribution is 5.94. The van der Waals surface area contributed by atoms with Crippen molar-refractivity contribution in [2.75, 3.05) is 19.6 Å². The van der Waals surface area contributed by atoms with Crippen LogP contribution in [0.2, 0.25) is 0 Å². The fourth-order valence-electron chi connectivity index (χ4n) is 8.31. The van der Waals surface area contributed by atoms with Crippen LogP contribution in [0.1, 0.15) is 72.7 Å². The molecule has 3 fully saturated rings. The third-order valence-electron chi connectivity index (χ3n) is 10.6. The maximum Gasteiger partial charge on any atom is 0.269 e. The molecule has 3 saturated heterocycles. The van der Waals surface area contributed by atoms with E-state index in [1.165, 1.54) is 48.9 Å². The standard InChI is InChI=1S/C35H39N5O3/c1-25-36-32-9-5-6-10-33(32)39(25)31-23-29-15-16-30(24-31)38(29)22-19-35(27-7-3-2-4-8-27)17-20-37(21-18-35)34(41)26-11-13-28(14-12-26)40(42)43/h2-14,29-31H,15-24H2,1H3/t29-,30+,31+. The fourth-order valence-corrected chi connectivity index (χ4v) is 8.31. The average molecular weight is 578 g/mol. The molecule has 0 radical (unpaired) electrons. The number of hydrogen-bond acceptors (Lipinski definition) is 5. The minimum Gasteiger partial charge on any atom is -0.339 e. The lowest BCUT2D eigenvalue weighted by molar-refractivity contribution is -0.384. The summed E-state index contributed by atoms with van der Waals surface area (Å²) in [6, 6.07) is 27.1. The lowest BCUT2D eigenvalue weighted by Gasteiger charge is -2.45. The molecule has 0 unspecified atom stereocenters. The summed E-state index contributed by atoms with van der Waals surface area (Å²) in [4.78, 5) is 33.5. The maximum atomic E-state index is 13.3. The summed E-state index contributed by atoms with van der Waals surface area (Å²) >= 11 is 0. The minimum absolute atomic E-state index is 0.00445. The van der Waals surface area contributed by atoms with Gasteiger partial charge in [0.1, 0.15) is 5.82 Å². The maximum absolute atomic E-state index is 13.3. The number of hydrogen-bond donors (Lipinski definition) is 0. The SMILES string of the molecule is Cc1nc2ccccc2n1[C@H]1C[C@H]2CC[C@@H](C1)N2CCC1(c2ccccc2)CCN(C(=O)c2ccc([N+](=O)[O-])cc2)CC1. The van der Waals surface area contributed by atoms with Crippen molar-refractivity contribution in [2.45, 2.75) is 75.4 Å². The molecule has 1 amide bonds. The zero-order valence-electron chi connectivity index (χ0n) is 24.8. The number of aromatic nitrogens is 2. The number of carbonyl (C=O) groups is 1. The molecule has 3 aromatic carbocycles. The van der Waals surface area contributed by atoms with Crippen molar-refractivity contribution in [1.29, 1.82) is 0 Å². The van der Waals surface area contributed by atoms with Gasteiger partial charge in [-0.1, -0.05) is 42.5 Å². The molecule has 3 atom stereocenters. The normalized spacial score (nSPS) is 23.5. The monoisotopic (exact) mass is 577 g/mol. The van der Waals surface area contributed by atoms with Crippen LogP contribution in [0.15, 0.2) is 78.9 Å². The van der Waals surface area contributed by atoms with Gasteiger partial charge < -0.3 is 9.47 Å². The van der Waals surface area contributed by atoms with Gasteiger partial charge in [-0.3, -0.25) is 19.8 Å². The van der Waals surface area contributed by atoms with Crippen molar-refractivity contribution >= 4 is 22.6 Å². The molecule has 2 bridgehead atoms. The molecule has 43 heavy (non-hydrogen) atoms. The van der Waals surface area contributed by atoms with Gasteiger partial charge >= 0.3 is 0 Å². The van der Waals surface area contributed by atoms with Crippen molar-refractivity contribution < 1.29 is 9.72 Å². The van der Waals surface area contributed by atoms with Crippen LogP contribution in [-0.2, 0) is 5.41 Å². The lowest BCUT2D eigenvalue weighted by Crippen LogP contribution is -2.49. The van der Waals surface area contributed by atoms with Crippen molar-refractivity contribution in [2.24, 2.45) is 0 Å². The lowest BCUT2D eigenvalue weighted by atomic mass is 9.70. The first-order valence-corrected chi connectivity index (χ1v) is 15.7. The Balaban J connectivity index is 1.05. The molecule has 1 aromatic heterocycles. The number of aryl methyl sites for hydroxylation is 1. The molecule has 8 nitrogen and oxygen atoms in total. The minimum atomic E-state index is -0.432. The number of nitro groups is 1. The van der Waals surface area contributed by atoms with E-state index < -0.39 is 4.92 Å². The molecule has 3 aliphatic heterocycles. The molecule has 7 rings (SSSR count). The third-order valence-corrected chi connectivity index (χ3v) is 10.6. The number of nitro benzene ring substituents is 1. The van der Waals surface area contributed by atoms with Gasteiger partial charge in [-0.05, 0) is 93.7 Å². The smallest absolute Gasteiger partial charge is 0.269 e. The van der Waals surface area contributed by atoms with E-state index in [0.717, 1.165) is 37.1 Å². The Labute approximate surface area is 252 Å². The highest BCUT2D eigenvalue weighted by Gasteiger charge is 2.44. The summed E-state index contributed by atoms with van der Waals surface area (Å²) in [5.74, 6) is 1.08. The summed E-state index contributed by atoms with van der Waals surface area (Å²) in [5.41, 5.74) is 4.28. The molecule has 4 aromatic rings. The zero-order valence-corrected chi connectivity index (χ0v) is 24.8. The van der Waals surface area contributed by atoms with Crippen molar-refractivity contribution in [3.05, 3.63) is 106 Å². The predicted octanol–water partition coefficient (Wildman–Crippen LogP) is 6.69. The highest BCUT2D eigenvalue weighted by atomic mass is 16.6. The molecule has 0 saturated carbocycles. The van der Waals surface area contributed by atoms with E-state index in [0.29, 0.717) is 36.8 Å². The second-order valence-electron chi connectivity index (χ2n) is 12.8. The van der Waals surface area contributed by atoms with E-state index in [2.05, 4.69) is 71.0 Å². The number of likely N-dealkylation sites (tertiary alicyclic amines) is 1. The van der Waals surface area contributed by atoms with Crippen LogP contribution in [0.5, 0.6) is 0 Å². The second kappa shape index (κ2) is 11.2. The van der Waals surface area contributed by atoms with Crippen LogP contribution in [0, 0.1) is 17.0 Å². The molecule has 3 aliphatic rings. The Morgan fingerprint density at radius 1 is 0.907 bits per heavy atom. The fraction of sp³-hybridized carbons (Fsp3) is 0.429. The number of rotatable bonds is 7. The van der Waals surface area contributed by atoms with Gasteiger partial charge in [-0.15, -0.1) is 0 Å². The van der Waals surface area contributed by atoms with Crippen LogP contribution in [-0.4, -0.2) is 61.9 Å². The Bertz CT molecular complexity index is 1610. The number of benzene rings is 3. The summed E-state index contributed by atoms with van der Waals surface area (Å²) in [5, 5.41) is 11.0. The number of carbonyl (C=O) groups excluding carboxylic acids is 1. The first-order chi connectivity index (χ1) is 20.9. The van der Waals surface area contributed by atoms with Gasteiger partial charge in [0, 0.05) is 48.9 Å². The van der Waals surface area contributed by atoms with Gasteiger partial charge in [0.15, 0.2) is 0 Å². The average Bonchev–Trinajstić information content (AvgIpc) is 3.50. The number of piperidine rings is 2. The van der Waals surface area contributed by atoms with Crippen LogP contribution >= 0.6 is 0 Å². The molecule has 222 valence electrons. The van der Waals surface area contributed by atoms with E-state index in [-0.39, 0.29) is 17.0 Å². The first-order valence-electron chi connectivity index (χ1n) is 15.7. The topological polar surface area (TPSA) is 84.5 Å². The molecular weight excluding hydrogens is 538 g/mol. The van der Waals surface area contributed by atoms with Crippen LogP contribution in [0.25, 0.3) is 11.0 Å². The predicted molar refractivity (Wildman–Crippen MR) is 167 cm³/mol. The number of fused-ring (bicyclic) bond motifs is 3.